The number of allylic oxidation sites excluding steroid dienone is 3. The monoisotopic (exact) mass is 356 g/mol. The molecule has 2 saturated heterocycles. The number of carbonyl (C=O) groups is 1. The highest BCUT2D eigenvalue weighted by molar-refractivity contribution is 5.74. The number of likely N-dealkylation sites (tertiary alicyclic amines) is 1. The van der Waals surface area contributed by atoms with E-state index in [2.05, 4.69) is 18.0 Å². The van der Waals surface area contributed by atoms with Crippen molar-refractivity contribution in [1.82, 2.24) is 10.2 Å². The van der Waals surface area contributed by atoms with Crippen LogP contribution in [0.15, 0.2) is 60.2 Å². The van der Waals surface area contributed by atoms with Crippen LogP contribution in [0.25, 0.3) is 0 Å². The summed E-state index contributed by atoms with van der Waals surface area (Å²) in [6.45, 7) is 8.09. The molecule has 0 radical (unpaired) electrons. The molecule has 1 N–H and O–H groups in total. The number of amides is 2. The van der Waals surface area contributed by atoms with Gasteiger partial charge in [-0.1, -0.05) is 36.9 Å². The molecule has 5 heteroatoms. The third-order valence-corrected chi connectivity index (χ3v) is 5.16. The van der Waals surface area contributed by atoms with Crippen LogP contribution in [0.1, 0.15) is 25.3 Å². The Morgan fingerprint density at radius 2 is 2.04 bits per heavy atom. The Balaban J connectivity index is 1.56. The first-order valence-electron chi connectivity index (χ1n) is 8.98. The van der Waals surface area contributed by atoms with Crippen molar-refractivity contribution in [3.8, 4) is 0 Å². The van der Waals surface area contributed by atoms with Crippen LogP contribution in [0, 0.1) is 5.82 Å². The number of urea groups is 1. The maximum atomic E-state index is 12.9. The fourth-order valence-electron chi connectivity index (χ4n) is 3.77. The van der Waals surface area contributed by atoms with Gasteiger partial charge in [0, 0.05) is 19.6 Å². The molecule has 0 bridgehead atoms. The fraction of sp³-hybridized carbons (Fsp3) is 0.381. The number of nitrogens with zero attached hydrogens (tertiary/aromatic N) is 1. The number of benzene rings is 1. The average Bonchev–Trinajstić information content (AvgIpc) is 2.99. The van der Waals surface area contributed by atoms with Crippen molar-refractivity contribution in [2.75, 3.05) is 19.7 Å². The van der Waals surface area contributed by atoms with E-state index in [1.54, 1.807) is 18.2 Å². The van der Waals surface area contributed by atoms with Gasteiger partial charge in [-0.25, -0.2) is 9.18 Å². The second kappa shape index (κ2) is 7.87. The molecular formula is C21H25FN2O2. The van der Waals surface area contributed by atoms with Crippen LogP contribution in [-0.2, 0) is 11.3 Å². The lowest BCUT2D eigenvalue weighted by atomic mass is 9.82. The summed E-state index contributed by atoms with van der Waals surface area (Å²) in [4.78, 5) is 14.2. The van der Waals surface area contributed by atoms with Gasteiger partial charge in [-0.3, -0.25) is 0 Å². The Bertz CT molecular complexity index is 729. The van der Waals surface area contributed by atoms with Crippen molar-refractivity contribution in [2.45, 2.75) is 31.9 Å². The van der Waals surface area contributed by atoms with Gasteiger partial charge >= 0.3 is 6.03 Å². The molecule has 4 nitrogen and oxygen atoms in total. The summed E-state index contributed by atoms with van der Waals surface area (Å²) in [5.74, 6) is -0.275. The molecule has 1 aromatic rings. The summed E-state index contributed by atoms with van der Waals surface area (Å²) in [5.41, 5.74) is 3.00. The summed E-state index contributed by atoms with van der Waals surface area (Å²) in [6, 6.07) is 6.07. The van der Waals surface area contributed by atoms with Gasteiger partial charge in [-0.2, -0.15) is 0 Å². The Morgan fingerprint density at radius 3 is 2.65 bits per heavy atom. The minimum Gasteiger partial charge on any atom is -0.365 e. The fourth-order valence-corrected chi connectivity index (χ4v) is 3.77. The van der Waals surface area contributed by atoms with Crippen LogP contribution in [0.5, 0.6) is 0 Å². The molecule has 0 unspecified atom stereocenters. The van der Waals surface area contributed by atoms with Crippen LogP contribution < -0.4 is 5.32 Å². The van der Waals surface area contributed by atoms with Gasteiger partial charge in [-0.05, 0) is 48.6 Å². The summed E-state index contributed by atoms with van der Waals surface area (Å²) >= 11 is 0. The Morgan fingerprint density at radius 1 is 1.35 bits per heavy atom. The average molecular weight is 356 g/mol. The molecule has 0 aromatic heterocycles. The van der Waals surface area contributed by atoms with Gasteiger partial charge in [0.1, 0.15) is 5.82 Å². The molecular weight excluding hydrogens is 331 g/mol. The number of hydrogen-bond donors (Lipinski definition) is 1. The molecule has 2 aliphatic rings. The van der Waals surface area contributed by atoms with Crippen LogP contribution >= 0.6 is 0 Å². The molecule has 2 amide bonds. The second-order valence-electron chi connectivity index (χ2n) is 6.69. The summed E-state index contributed by atoms with van der Waals surface area (Å²) < 4.78 is 19.1. The maximum Gasteiger partial charge on any atom is 0.317 e. The van der Waals surface area contributed by atoms with Crippen LogP contribution in [0.2, 0.25) is 0 Å². The third-order valence-electron chi connectivity index (χ3n) is 5.16. The zero-order valence-corrected chi connectivity index (χ0v) is 15.1. The van der Waals surface area contributed by atoms with Crippen molar-refractivity contribution in [3.63, 3.8) is 0 Å². The SMILES string of the molecule is C=C/C=C1/COC2(CCN(C(=O)NCc3ccc(F)cc3)CC2)/C1=C/C. The summed E-state index contributed by atoms with van der Waals surface area (Å²) in [5, 5.41) is 2.91. The van der Waals surface area contributed by atoms with E-state index < -0.39 is 0 Å². The molecule has 0 aliphatic carbocycles. The van der Waals surface area contributed by atoms with Gasteiger partial charge in [0.2, 0.25) is 0 Å². The van der Waals surface area contributed by atoms with Crippen LogP contribution in [0.4, 0.5) is 9.18 Å². The number of hydrogen-bond acceptors (Lipinski definition) is 2. The normalized spacial score (nSPS) is 22.2. The van der Waals surface area contributed by atoms with E-state index in [0.29, 0.717) is 26.2 Å². The van der Waals surface area contributed by atoms with Gasteiger partial charge < -0.3 is 15.0 Å². The van der Waals surface area contributed by atoms with E-state index in [1.807, 2.05) is 17.9 Å². The molecule has 2 fully saturated rings. The highest BCUT2D eigenvalue weighted by atomic mass is 19.1. The lowest BCUT2D eigenvalue weighted by Gasteiger charge is -2.39. The van der Waals surface area contributed by atoms with E-state index >= 15 is 0 Å². The summed E-state index contributed by atoms with van der Waals surface area (Å²) in [6.07, 6.45) is 7.48. The van der Waals surface area contributed by atoms with Crippen LogP contribution in [-0.4, -0.2) is 36.2 Å². The number of halogens is 1. The lowest BCUT2D eigenvalue weighted by Crippen LogP contribution is -2.50. The maximum absolute atomic E-state index is 12.9. The van der Waals surface area contributed by atoms with Gasteiger partial charge in [-0.15, -0.1) is 0 Å². The molecule has 3 rings (SSSR count). The van der Waals surface area contributed by atoms with E-state index in [-0.39, 0.29) is 17.4 Å². The molecule has 1 aromatic carbocycles. The van der Waals surface area contributed by atoms with Crippen molar-refractivity contribution < 1.29 is 13.9 Å². The Hall–Kier alpha value is -2.40. The predicted molar refractivity (Wildman–Crippen MR) is 100 cm³/mol. The minimum atomic E-state index is -0.280. The number of nitrogens with one attached hydrogen (secondary N) is 1. The largest absolute Gasteiger partial charge is 0.365 e. The first-order chi connectivity index (χ1) is 12.6. The topological polar surface area (TPSA) is 41.6 Å². The summed E-state index contributed by atoms with van der Waals surface area (Å²) in [7, 11) is 0. The van der Waals surface area contributed by atoms with E-state index in [4.69, 9.17) is 4.74 Å². The molecule has 0 atom stereocenters. The standard InChI is InChI=1S/C21H25FN2O2/c1-3-5-17-15-26-21(19(17)4-2)10-12-24(13-11-21)20(25)23-14-16-6-8-18(22)9-7-16/h3-9H,1,10-15H2,2H3,(H,23,25)/b17-5-,19-4+. The van der Waals surface area contributed by atoms with Gasteiger partial charge in [0.25, 0.3) is 0 Å². The van der Waals surface area contributed by atoms with E-state index in [9.17, 15) is 9.18 Å². The van der Waals surface area contributed by atoms with Crippen molar-refractivity contribution in [3.05, 3.63) is 71.6 Å². The number of rotatable bonds is 3. The van der Waals surface area contributed by atoms with Gasteiger partial charge in [0.15, 0.2) is 0 Å². The zero-order valence-electron chi connectivity index (χ0n) is 15.1. The number of ether oxygens (including phenoxy) is 1. The molecule has 1 spiro atoms. The highest BCUT2D eigenvalue weighted by Crippen LogP contribution is 2.42. The second-order valence-corrected chi connectivity index (χ2v) is 6.69. The van der Waals surface area contributed by atoms with Crippen molar-refractivity contribution in [1.29, 1.82) is 0 Å². The van der Waals surface area contributed by atoms with Crippen molar-refractivity contribution >= 4 is 6.03 Å². The van der Waals surface area contributed by atoms with E-state index in [0.717, 1.165) is 18.4 Å². The minimum absolute atomic E-state index is 0.0916. The smallest absolute Gasteiger partial charge is 0.317 e. The molecule has 26 heavy (non-hydrogen) atoms. The van der Waals surface area contributed by atoms with E-state index in [1.165, 1.54) is 23.3 Å². The first kappa shape index (κ1) is 18.4. The Labute approximate surface area is 154 Å². The highest BCUT2D eigenvalue weighted by Gasteiger charge is 2.44. The molecule has 2 aliphatic heterocycles. The zero-order chi connectivity index (χ0) is 18.6. The first-order valence-corrected chi connectivity index (χ1v) is 8.98. The quantitative estimate of drug-likeness (QED) is 0.891. The van der Waals surface area contributed by atoms with Crippen LogP contribution in [0.3, 0.4) is 0 Å². The molecule has 2 heterocycles. The number of piperidine rings is 1. The number of carbonyl (C=O) groups excluding carboxylic acids is 1. The van der Waals surface area contributed by atoms with Gasteiger partial charge in [0.05, 0.1) is 12.2 Å². The Kier molecular flexibility index (Phi) is 5.57. The third kappa shape index (κ3) is 3.73. The molecule has 138 valence electrons. The van der Waals surface area contributed by atoms with Crippen molar-refractivity contribution in [2.24, 2.45) is 0 Å². The molecule has 0 saturated carbocycles. The lowest BCUT2D eigenvalue weighted by molar-refractivity contribution is -0.0153. The predicted octanol–water partition coefficient (Wildman–Crippen LogP) is 3.96.